The number of rotatable bonds is 4. The van der Waals surface area contributed by atoms with Crippen LogP contribution in [0.15, 0.2) is 18.2 Å². The molecule has 1 aromatic carbocycles. The van der Waals surface area contributed by atoms with Gasteiger partial charge >= 0.3 is 6.03 Å². The second-order valence-electron chi connectivity index (χ2n) is 6.12. The number of hydrogen-bond donors (Lipinski definition) is 2. The number of piperidine rings is 1. The first-order valence-electron chi connectivity index (χ1n) is 7.79. The molecular weight excluding hydrogens is 317 g/mol. The van der Waals surface area contributed by atoms with Gasteiger partial charge in [0.25, 0.3) is 0 Å². The van der Waals surface area contributed by atoms with Gasteiger partial charge in [-0.25, -0.2) is 9.18 Å². The minimum atomic E-state index is -0.978. The summed E-state index contributed by atoms with van der Waals surface area (Å²) < 4.78 is 25.9. The summed E-state index contributed by atoms with van der Waals surface area (Å²) >= 11 is -0.978. The zero-order valence-corrected chi connectivity index (χ0v) is 14.3. The monoisotopic (exact) mass is 341 g/mol. The average Bonchev–Trinajstić information content (AvgIpc) is 2.53. The Balaban J connectivity index is 2.35. The molecule has 1 aliphatic heterocycles. The van der Waals surface area contributed by atoms with Crippen LogP contribution < -0.4 is 11.5 Å². The van der Waals surface area contributed by atoms with Crippen molar-refractivity contribution in [3.8, 4) is 0 Å². The molecule has 2 amide bonds. The highest BCUT2D eigenvalue weighted by atomic mass is 32.2. The SMILES string of the molecule is CC(C)[S+]([O-])C1CCN(C(N)=O)C(c2ccc(F)cc2CN)C1. The number of benzene rings is 1. The van der Waals surface area contributed by atoms with Crippen molar-refractivity contribution in [2.75, 3.05) is 6.54 Å². The molecular formula is C16H24FN3O2S. The van der Waals surface area contributed by atoms with E-state index >= 15 is 0 Å². The van der Waals surface area contributed by atoms with Crippen molar-refractivity contribution in [1.29, 1.82) is 0 Å². The number of primary amides is 1. The minimum absolute atomic E-state index is 0.00808. The van der Waals surface area contributed by atoms with E-state index in [2.05, 4.69) is 0 Å². The van der Waals surface area contributed by atoms with Gasteiger partial charge in [0.1, 0.15) is 16.3 Å². The van der Waals surface area contributed by atoms with Crippen molar-refractivity contribution in [1.82, 2.24) is 4.90 Å². The first-order valence-corrected chi connectivity index (χ1v) is 9.06. The third kappa shape index (κ3) is 3.97. The highest BCUT2D eigenvalue weighted by Gasteiger charge is 2.38. The van der Waals surface area contributed by atoms with Crippen LogP contribution in [0.5, 0.6) is 0 Å². The van der Waals surface area contributed by atoms with Gasteiger partial charge in [0.05, 0.1) is 6.04 Å². The fourth-order valence-corrected chi connectivity index (χ4v) is 4.64. The van der Waals surface area contributed by atoms with E-state index in [9.17, 15) is 13.7 Å². The molecule has 2 rings (SSSR count). The molecule has 0 spiro atoms. The van der Waals surface area contributed by atoms with Gasteiger partial charge in [0, 0.05) is 25.9 Å². The van der Waals surface area contributed by atoms with Gasteiger partial charge in [0.2, 0.25) is 0 Å². The van der Waals surface area contributed by atoms with Gasteiger partial charge in [-0.05, 0) is 48.3 Å². The molecule has 3 unspecified atom stereocenters. The van der Waals surface area contributed by atoms with Crippen molar-refractivity contribution in [3.05, 3.63) is 35.1 Å². The third-order valence-corrected chi connectivity index (χ3v) is 6.33. The van der Waals surface area contributed by atoms with Crippen molar-refractivity contribution in [2.24, 2.45) is 11.5 Å². The zero-order valence-electron chi connectivity index (χ0n) is 13.5. The Morgan fingerprint density at radius 1 is 1.52 bits per heavy atom. The summed E-state index contributed by atoms with van der Waals surface area (Å²) in [5.41, 5.74) is 12.7. The molecule has 0 aromatic heterocycles. The summed E-state index contributed by atoms with van der Waals surface area (Å²) in [6, 6.07) is 3.57. The predicted octanol–water partition coefficient (Wildman–Crippen LogP) is 2.03. The number of hydrogen-bond acceptors (Lipinski definition) is 3. The molecule has 4 N–H and O–H groups in total. The van der Waals surface area contributed by atoms with Crippen LogP contribution in [0, 0.1) is 5.82 Å². The van der Waals surface area contributed by atoms with Crippen LogP contribution in [0.1, 0.15) is 43.9 Å². The van der Waals surface area contributed by atoms with E-state index in [0.717, 1.165) is 5.56 Å². The van der Waals surface area contributed by atoms with Gasteiger partial charge in [-0.1, -0.05) is 6.07 Å². The van der Waals surface area contributed by atoms with E-state index in [0.29, 0.717) is 24.9 Å². The van der Waals surface area contributed by atoms with Gasteiger partial charge in [-0.3, -0.25) is 0 Å². The molecule has 1 aliphatic rings. The molecule has 5 nitrogen and oxygen atoms in total. The largest absolute Gasteiger partial charge is 0.616 e. The van der Waals surface area contributed by atoms with Crippen LogP contribution in [0.2, 0.25) is 0 Å². The summed E-state index contributed by atoms with van der Waals surface area (Å²) in [7, 11) is 0. The molecule has 1 heterocycles. The normalized spacial score (nSPS) is 23.1. The third-order valence-electron chi connectivity index (χ3n) is 4.31. The molecule has 128 valence electrons. The Kier molecular flexibility index (Phi) is 5.89. The quantitative estimate of drug-likeness (QED) is 0.820. The number of likely N-dealkylation sites (tertiary alicyclic amines) is 1. The second-order valence-corrected chi connectivity index (χ2v) is 8.38. The number of nitrogens with zero attached hydrogens (tertiary/aromatic N) is 1. The lowest BCUT2D eigenvalue weighted by Gasteiger charge is -2.40. The number of amides is 2. The fourth-order valence-electron chi connectivity index (χ4n) is 3.16. The van der Waals surface area contributed by atoms with Crippen LogP contribution in [0.3, 0.4) is 0 Å². The van der Waals surface area contributed by atoms with E-state index < -0.39 is 17.2 Å². The Bertz CT molecular complexity index is 570. The molecule has 1 fully saturated rings. The Morgan fingerprint density at radius 3 is 2.78 bits per heavy atom. The molecule has 0 radical (unpaired) electrons. The first-order chi connectivity index (χ1) is 10.8. The van der Waals surface area contributed by atoms with Crippen LogP contribution in [0.4, 0.5) is 9.18 Å². The van der Waals surface area contributed by atoms with Gasteiger partial charge in [-0.15, -0.1) is 0 Å². The highest BCUT2D eigenvalue weighted by molar-refractivity contribution is 7.92. The van der Waals surface area contributed by atoms with Gasteiger partial charge in [0.15, 0.2) is 0 Å². The van der Waals surface area contributed by atoms with Crippen molar-refractivity contribution >= 4 is 17.2 Å². The number of halogens is 1. The zero-order chi connectivity index (χ0) is 17.1. The maximum atomic E-state index is 13.5. The summed E-state index contributed by atoms with van der Waals surface area (Å²) in [6.07, 6.45) is 1.20. The maximum absolute atomic E-state index is 13.5. The molecule has 7 heteroatoms. The van der Waals surface area contributed by atoms with E-state index in [1.54, 1.807) is 11.0 Å². The number of nitrogens with two attached hydrogens (primary N) is 2. The summed E-state index contributed by atoms with van der Waals surface area (Å²) in [4.78, 5) is 13.4. The lowest BCUT2D eigenvalue weighted by atomic mass is 9.91. The number of carbonyl (C=O) groups is 1. The Morgan fingerprint density at radius 2 is 2.22 bits per heavy atom. The standard InChI is InChI=1S/C16H24FN3O2S/c1-10(2)23(22)13-5-6-20(16(19)21)15(8-13)14-4-3-12(17)7-11(14)9-18/h3-4,7,10,13,15H,5-6,8-9,18H2,1-2H3,(H2,19,21). The number of carbonyl (C=O) groups excluding carboxylic acids is 1. The van der Waals surface area contributed by atoms with Crippen LogP contribution in [-0.2, 0) is 17.7 Å². The lowest BCUT2D eigenvalue weighted by Crippen LogP contribution is -2.48. The van der Waals surface area contributed by atoms with Gasteiger partial charge in [-0.2, -0.15) is 0 Å². The molecule has 0 aliphatic carbocycles. The van der Waals surface area contributed by atoms with Crippen molar-refractivity contribution in [3.63, 3.8) is 0 Å². The maximum Gasteiger partial charge on any atom is 0.315 e. The molecule has 23 heavy (non-hydrogen) atoms. The molecule has 1 aromatic rings. The fraction of sp³-hybridized carbons (Fsp3) is 0.562. The smallest absolute Gasteiger partial charge is 0.315 e. The van der Waals surface area contributed by atoms with Gasteiger partial charge < -0.3 is 20.9 Å². The van der Waals surface area contributed by atoms with E-state index in [1.807, 2.05) is 13.8 Å². The lowest BCUT2D eigenvalue weighted by molar-refractivity contribution is 0.160. The van der Waals surface area contributed by atoms with Crippen LogP contribution in [0.25, 0.3) is 0 Å². The highest BCUT2D eigenvalue weighted by Crippen LogP contribution is 2.36. The minimum Gasteiger partial charge on any atom is -0.616 e. The predicted molar refractivity (Wildman–Crippen MR) is 89.6 cm³/mol. The van der Waals surface area contributed by atoms with Crippen LogP contribution >= 0.6 is 0 Å². The molecule has 1 saturated heterocycles. The van der Waals surface area contributed by atoms with E-state index in [1.165, 1.54) is 12.1 Å². The molecule has 3 atom stereocenters. The molecule has 0 saturated carbocycles. The van der Waals surface area contributed by atoms with E-state index in [4.69, 9.17) is 11.5 Å². The van der Waals surface area contributed by atoms with E-state index in [-0.39, 0.29) is 28.9 Å². The topological polar surface area (TPSA) is 95.4 Å². The van der Waals surface area contributed by atoms with Crippen LogP contribution in [-0.4, -0.2) is 32.5 Å². The van der Waals surface area contributed by atoms with Crippen molar-refractivity contribution < 1.29 is 13.7 Å². The second kappa shape index (κ2) is 7.51. The summed E-state index contributed by atoms with van der Waals surface area (Å²) in [5, 5.41) is 0.0502. The Hall–Kier alpha value is -1.31. The summed E-state index contributed by atoms with van der Waals surface area (Å²) in [6.45, 7) is 4.47. The average molecular weight is 341 g/mol. The van der Waals surface area contributed by atoms with Crippen molar-refractivity contribution in [2.45, 2.75) is 49.8 Å². The summed E-state index contributed by atoms with van der Waals surface area (Å²) in [5.74, 6) is -0.363. The first kappa shape index (κ1) is 18.0. The molecule has 0 bridgehead atoms. The number of urea groups is 1. The Labute approximate surface area is 139 Å².